The van der Waals surface area contributed by atoms with E-state index >= 15 is 0 Å². The number of carbonyl (C=O) groups is 1. The maximum Gasteiger partial charge on any atom is 0.255 e. The Morgan fingerprint density at radius 2 is 2.19 bits per heavy atom. The molecule has 148 valence electrons. The van der Waals surface area contributed by atoms with E-state index in [2.05, 4.69) is 0 Å². The molecule has 0 spiro atoms. The molecule has 1 fully saturated rings. The first kappa shape index (κ1) is 21.2. The number of methoxy groups -OCH3 is 1. The lowest BCUT2D eigenvalue weighted by molar-refractivity contribution is -0.139. The SMILES string of the molecule is COCCN(CC(F)F)C(=O)C1CCCN(S(=O)(=O)c2ccc(C)s2)C1. The van der Waals surface area contributed by atoms with Gasteiger partial charge in [-0.1, -0.05) is 0 Å². The minimum atomic E-state index is -3.67. The fourth-order valence-corrected chi connectivity index (χ4v) is 5.92. The lowest BCUT2D eigenvalue weighted by Gasteiger charge is -2.34. The number of piperidine rings is 1. The van der Waals surface area contributed by atoms with Crippen molar-refractivity contribution in [2.75, 3.05) is 39.9 Å². The van der Waals surface area contributed by atoms with E-state index in [1.165, 1.54) is 22.8 Å². The van der Waals surface area contributed by atoms with Crippen LogP contribution in [0.1, 0.15) is 17.7 Å². The number of ether oxygens (including phenoxy) is 1. The number of nitrogens with zero attached hydrogens (tertiary/aromatic N) is 2. The molecule has 0 radical (unpaired) electrons. The molecular weight excluding hydrogens is 386 g/mol. The maximum atomic E-state index is 12.8. The average Bonchev–Trinajstić information content (AvgIpc) is 3.05. The molecule has 1 saturated heterocycles. The summed E-state index contributed by atoms with van der Waals surface area (Å²) in [6.45, 7) is 1.72. The zero-order chi connectivity index (χ0) is 19.3. The molecule has 1 unspecified atom stereocenters. The van der Waals surface area contributed by atoms with Gasteiger partial charge in [0.15, 0.2) is 0 Å². The van der Waals surface area contributed by atoms with Gasteiger partial charge in [0.25, 0.3) is 16.4 Å². The standard InChI is InChI=1S/C16H24F2N2O4S2/c1-12-5-6-15(25-12)26(22,23)20-7-3-4-13(10-20)16(21)19(8-9-24-2)11-14(17)18/h5-6,13-14H,3-4,7-11H2,1-2H3. The lowest BCUT2D eigenvalue weighted by atomic mass is 9.98. The number of amides is 1. The van der Waals surface area contributed by atoms with Gasteiger partial charge >= 0.3 is 0 Å². The summed E-state index contributed by atoms with van der Waals surface area (Å²) >= 11 is 1.18. The molecule has 0 aromatic carbocycles. The summed E-state index contributed by atoms with van der Waals surface area (Å²) in [5.74, 6) is -1.06. The number of hydrogen-bond donors (Lipinski definition) is 0. The molecular formula is C16H24F2N2O4S2. The van der Waals surface area contributed by atoms with Crippen molar-refractivity contribution >= 4 is 27.3 Å². The van der Waals surface area contributed by atoms with Gasteiger partial charge in [-0.15, -0.1) is 11.3 Å². The Hall–Kier alpha value is -1.10. The van der Waals surface area contributed by atoms with E-state index in [0.717, 1.165) is 9.78 Å². The van der Waals surface area contributed by atoms with Gasteiger partial charge in [0.2, 0.25) is 5.91 Å². The highest BCUT2D eigenvalue weighted by molar-refractivity contribution is 7.91. The van der Waals surface area contributed by atoms with Crippen molar-refractivity contribution in [3.63, 3.8) is 0 Å². The van der Waals surface area contributed by atoms with Crippen LogP contribution in [0.5, 0.6) is 0 Å². The summed E-state index contributed by atoms with van der Waals surface area (Å²) in [5, 5.41) is 0. The Kier molecular flexibility index (Phi) is 7.51. The number of hydrogen-bond acceptors (Lipinski definition) is 5. The van der Waals surface area contributed by atoms with E-state index in [1.54, 1.807) is 12.1 Å². The molecule has 1 aliphatic heterocycles. The summed E-state index contributed by atoms with van der Waals surface area (Å²) in [6.07, 6.45) is -1.64. The summed E-state index contributed by atoms with van der Waals surface area (Å²) in [4.78, 5) is 14.6. The minimum Gasteiger partial charge on any atom is -0.383 e. The van der Waals surface area contributed by atoms with Crippen LogP contribution in [-0.4, -0.2) is 69.9 Å². The van der Waals surface area contributed by atoms with Crippen LogP contribution in [-0.2, 0) is 19.6 Å². The van der Waals surface area contributed by atoms with Gasteiger partial charge in [-0.05, 0) is 31.9 Å². The van der Waals surface area contributed by atoms with Gasteiger partial charge in [0.1, 0.15) is 4.21 Å². The molecule has 26 heavy (non-hydrogen) atoms. The second kappa shape index (κ2) is 9.20. The number of halogens is 2. The number of rotatable bonds is 8. The fraction of sp³-hybridized carbons (Fsp3) is 0.688. The molecule has 2 rings (SSSR count). The first-order valence-electron chi connectivity index (χ1n) is 8.38. The Morgan fingerprint density at radius 1 is 1.46 bits per heavy atom. The van der Waals surface area contributed by atoms with Gasteiger partial charge < -0.3 is 9.64 Å². The topological polar surface area (TPSA) is 66.9 Å². The lowest BCUT2D eigenvalue weighted by Crippen LogP contribution is -2.48. The second-order valence-corrected chi connectivity index (χ2v) is 9.69. The molecule has 10 heteroatoms. The number of alkyl halides is 2. The number of carbonyl (C=O) groups excluding carboxylic acids is 1. The van der Waals surface area contributed by atoms with Crippen LogP contribution < -0.4 is 0 Å². The molecule has 1 aromatic heterocycles. The minimum absolute atomic E-state index is 0.0187. The molecule has 0 saturated carbocycles. The Morgan fingerprint density at radius 3 is 2.77 bits per heavy atom. The highest BCUT2D eigenvalue weighted by Gasteiger charge is 2.36. The highest BCUT2D eigenvalue weighted by atomic mass is 32.2. The third kappa shape index (κ3) is 5.21. The molecule has 0 N–H and O–H groups in total. The fourth-order valence-electron chi connectivity index (χ4n) is 2.96. The van der Waals surface area contributed by atoms with E-state index in [1.807, 2.05) is 6.92 Å². The van der Waals surface area contributed by atoms with Crippen LogP contribution >= 0.6 is 11.3 Å². The predicted octanol–water partition coefficient (Wildman–Crippen LogP) is 2.20. The Balaban J connectivity index is 2.11. The zero-order valence-corrected chi connectivity index (χ0v) is 16.5. The van der Waals surface area contributed by atoms with Crippen LogP contribution in [0.3, 0.4) is 0 Å². The number of sulfonamides is 1. The molecule has 6 nitrogen and oxygen atoms in total. The molecule has 0 aliphatic carbocycles. The van der Waals surface area contributed by atoms with E-state index in [0.29, 0.717) is 19.4 Å². The van der Waals surface area contributed by atoms with Crippen molar-refractivity contribution in [3.8, 4) is 0 Å². The van der Waals surface area contributed by atoms with Crippen molar-refractivity contribution in [1.82, 2.24) is 9.21 Å². The summed E-state index contributed by atoms with van der Waals surface area (Å²) < 4.78 is 57.5. The highest BCUT2D eigenvalue weighted by Crippen LogP contribution is 2.29. The predicted molar refractivity (Wildman–Crippen MR) is 95.0 cm³/mol. The molecule has 0 bridgehead atoms. The first-order chi connectivity index (χ1) is 12.3. The van der Waals surface area contributed by atoms with Crippen LogP contribution in [0.2, 0.25) is 0 Å². The van der Waals surface area contributed by atoms with Gasteiger partial charge in [-0.25, -0.2) is 17.2 Å². The van der Waals surface area contributed by atoms with E-state index < -0.39 is 34.8 Å². The van der Waals surface area contributed by atoms with E-state index in [4.69, 9.17) is 4.74 Å². The summed E-state index contributed by atoms with van der Waals surface area (Å²) in [5.41, 5.74) is 0. The van der Waals surface area contributed by atoms with E-state index in [9.17, 15) is 22.0 Å². The third-order valence-electron chi connectivity index (χ3n) is 4.28. The van der Waals surface area contributed by atoms with Crippen LogP contribution in [0.15, 0.2) is 16.3 Å². The molecule has 1 atom stereocenters. The summed E-state index contributed by atoms with van der Waals surface area (Å²) in [7, 11) is -2.23. The molecule has 2 heterocycles. The van der Waals surface area contributed by atoms with Gasteiger partial charge in [0, 0.05) is 31.6 Å². The second-order valence-electron chi connectivity index (χ2n) is 6.24. The number of thiophene rings is 1. The monoisotopic (exact) mass is 410 g/mol. The Bertz CT molecular complexity index is 709. The number of aryl methyl sites for hydroxylation is 1. The van der Waals surface area contributed by atoms with Gasteiger partial charge in [0.05, 0.1) is 19.1 Å². The van der Waals surface area contributed by atoms with Crippen LogP contribution in [0.4, 0.5) is 8.78 Å². The first-order valence-corrected chi connectivity index (χ1v) is 10.6. The summed E-state index contributed by atoms with van der Waals surface area (Å²) in [6, 6.07) is 3.29. The average molecular weight is 411 g/mol. The van der Waals surface area contributed by atoms with Crippen LogP contribution in [0.25, 0.3) is 0 Å². The van der Waals surface area contributed by atoms with Gasteiger partial charge in [-0.3, -0.25) is 4.79 Å². The van der Waals surface area contributed by atoms with E-state index in [-0.39, 0.29) is 23.9 Å². The van der Waals surface area contributed by atoms with Crippen molar-refractivity contribution < 1.29 is 26.7 Å². The third-order valence-corrected chi connectivity index (χ3v) is 7.61. The van der Waals surface area contributed by atoms with Crippen molar-refractivity contribution in [3.05, 3.63) is 17.0 Å². The van der Waals surface area contributed by atoms with Gasteiger partial charge in [-0.2, -0.15) is 4.31 Å². The van der Waals surface area contributed by atoms with Crippen LogP contribution in [0, 0.1) is 12.8 Å². The van der Waals surface area contributed by atoms with Crippen molar-refractivity contribution in [2.24, 2.45) is 5.92 Å². The molecule has 1 aliphatic rings. The van der Waals surface area contributed by atoms with Crippen molar-refractivity contribution in [1.29, 1.82) is 0 Å². The molecule has 1 amide bonds. The smallest absolute Gasteiger partial charge is 0.255 e. The van der Waals surface area contributed by atoms with Crippen molar-refractivity contribution in [2.45, 2.75) is 30.4 Å². The maximum absolute atomic E-state index is 12.8. The Labute approximate surface area is 156 Å². The normalized spacial score (nSPS) is 19.0. The quantitative estimate of drug-likeness (QED) is 0.659. The largest absolute Gasteiger partial charge is 0.383 e. The molecule has 1 aromatic rings. The zero-order valence-electron chi connectivity index (χ0n) is 14.9.